The Hall–Kier alpha value is -2.10. The van der Waals surface area contributed by atoms with E-state index in [1.54, 1.807) is 18.0 Å². The van der Waals surface area contributed by atoms with E-state index in [0.717, 1.165) is 11.3 Å². The number of hydrogen-bond acceptors (Lipinski definition) is 3. The van der Waals surface area contributed by atoms with Gasteiger partial charge >= 0.3 is 0 Å². The average molecular weight is 244 g/mol. The zero-order valence-electron chi connectivity index (χ0n) is 11.0. The largest absolute Gasteiger partial charge is 0.496 e. The number of carbonyl (C=O) groups is 1. The van der Waals surface area contributed by atoms with Crippen LogP contribution in [-0.4, -0.2) is 22.7 Å². The summed E-state index contributed by atoms with van der Waals surface area (Å²) in [6.45, 7) is 3.83. The summed E-state index contributed by atoms with van der Waals surface area (Å²) in [7, 11) is 3.39. The molecule has 94 valence electrons. The number of carbonyl (C=O) groups excluding carboxylic acids is 1. The van der Waals surface area contributed by atoms with E-state index in [2.05, 4.69) is 5.10 Å². The molecular weight excluding hydrogens is 228 g/mol. The molecule has 0 aliphatic heterocycles. The predicted octanol–water partition coefficient (Wildman–Crippen LogP) is 2.28. The third-order valence-corrected chi connectivity index (χ3v) is 3.08. The number of hydrogen-bond donors (Lipinski definition) is 0. The van der Waals surface area contributed by atoms with E-state index < -0.39 is 0 Å². The maximum Gasteiger partial charge on any atom is 0.200 e. The number of rotatable bonds is 3. The Labute approximate surface area is 106 Å². The highest BCUT2D eigenvalue weighted by Gasteiger charge is 2.18. The monoisotopic (exact) mass is 244 g/mol. The van der Waals surface area contributed by atoms with Gasteiger partial charge in [0.15, 0.2) is 5.78 Å². The first-order chi connectivity index (χ1) is 8.54. The van der Waals surface area contributed by atoms with Crippen LogP contribution in [0, 0.1) is 13.8 Å². The molecule has 0 radical (unpaired) electrons. The van der Waals surface area contributed by atoms with Crippen LogP contribution < -0.4 is 4.74 Å². The molecule has 2 aromatic rings. The van der Waals surface area contributed by atoms with Gasteiger partial charge in [0.05, 0.1) is 24.4 Å². The van der Waals surface area contributed by atoms with Crippen molar-refractivity contribution >= 4 is 5.78 Å². The molecule has 0 N–H and O–H groups in total. The first kappa shape index (κ1) is 12.4. The minimum absolute atomic E-state index is 0.0545. The number of aromatic nitrogens is 2. The lowest BCUT2D eigenvalue weighted by Crippen LogP contribution is -2.06. The summed E-state index contributed by atoms with van der Waals surface area (Å²) in [5.74, 6) is 0.537. The third kappa shape index (κ3) is 2.01. The highest BCUT2D eigenvalue weighted by Crippen LogP contribution is 2.23. The number of ether oxygens (including phenoxy) is 1. The molecule has 1 aromatic heterocycles. The van der Waals surface area contributed by atoms with Crippen LogP contribution in [0.15, 0.2) is 24.4 Å². The molecule has 0 unspecified atom stereocenters. The van der Waals surface area contributed by atoms with Crippen molar-refractivity contribution in [1.82, 2.24) is 9.78 Å². The lowest BCUT2D eigenvalue weighted by atomic mass is 10.0. The molecule has 0 fully saturated rings. The number of ketones is 1. The van der Waals surface area contributed by atoms with Gasteiger partial charge in [0.25, 0.3) is 0 Å². The molecule has 0 saturated carbocycles. The van der Waals surface area contributed by atoms with E-state index in [4.69, 9.17) is 4.74 Å². The number of benzene rings is 1. The molecule has 0 aliphatic carbocycles. The number of nitrogens with zero attached hydrogens (tertiary/aromatic N) is 2. The zero-order chi connectivity index (χ0) is 13.3. The van der Waals surface area contributed by atoms with Gasteiger partial charge in [-0.3, -0.25) is 9.48 Å². The van der Waals surface area contributed by atoms with Crippen molar-refractivity contribution in [2.45, 2.75) is 13.8 Å². The normalized spacial score (nSPS) is 10.4. The van der Waals surface area contributed by atoms with Crippen molar-refractivity contribution < 1.29 is 9.53 Å². The van der Waals surface area contributed by atoms with E-state index in [1.807, 2.05) is 39.1 Å². The van der Waals surface area contributed by atoms with Crippen LogP contribution >= 0.6 is 0 Å². The van der Waals surface area contributed by atoms with Crippen LogP contribution in [0.4, 0.5) is 0 Å². The highest BCUT2D eigenvalue weighted by molar-refractivity contribution is 6.11. The second-order valence-corrected chi connectivity index (χ2v) is 4.30. The van der Waals surface area contributed by atoms with Crippen molar-refractivity contribution in [2.75, 3.05) is 7.11 Å². The van der Waals surface area contributed by atoms with Gasteiger partial charge in [-0.05, 0) is 26.0 Å². The molecule has 4 heteroatoms. The highest BCUT2D eigenvalue weighted by atomic mass is 16.5. The molecule has 2 rings (SSSR count). The van der Waals surface area contributed by atoms with Crippen molar-refractivity contribution in [3.05, 3.63) is 46.8 Å². The lowest BCUT2D eigenvalue weighted by molar-refractivity contribution is 0.103. The maximum atomic E-state index is 12.5. The first-order valence-electron chi connectivity index (χ1n) is 5.72. The molecular formula is C14H16N2O2. The fraction of sp³-hybridized carbons (Fsp3) is 0.286. The Morgan fingerprint density at radius 2 is 2.00 bits per heavy atom. The summed E-state index contributed by atoms with van der Waals surface area (Å²) in [6, 6.07) is 5.58. The van der Waals surface area contributed by atoms with Crippen molar-refractivity contribution in [1.29, 1.82) is 0 Å². The van der Waals surface area contributed by atoms with Gasteiger partial charge in [0, 0.05) is 12.7 Å². The quantitative estimate of drug-likeness (QED) is 0.778. The predicted molar refractivity (Wildman–Crippen MR) is 69.1 cm³/mol. The SMILES string of the molecule is COc1ccc(C)cc1C(=O)c1cnn(C)c1C. The first-order valence-corrected chi connectivity index (χ1v) is 5.72. The van der Waals surface area contributed by atoms with Crippen LogP contribution in [0.1, 0.15) is 27.2 Å². The van der Waals surface area contributed by atoms with Gasteiger partial charge in [0.1, 0.15) is 5.75 Å². The zero-order valence-corrected chi connectivity index (χ0v) is 11.0. The van der Waals surface area contributed by atoms with Crippen molar-refractivity contribution in [3.8, 4) is 5.75 Å². The molecule has 1 aromatic carbocycles. The summed E-state index contributed by atoms with van der Waals surface area (Å²) in [5, 5.41) is 4.10. The van der Waals surface area contributed by atoms with Gasteiger partial charge in [-0.1, -0.05) is 11.6 Å². The van der Waals surface area contributed by atoms with Crippen LogP contribution in [-0.2, 0) is 7.05 Å². The minimum atomic E-state index is -0.0545. The standard InChI is InChI=1S/C14H16N2O2/c1-9-5-6-13(18-4)11(7-9)14(17)12-8-15-16(3)10(12)2/h5-8H,1-4H3. The maximum absolute atomic E-state index is 12.5. The minimum Gasteiger partial charge on any atom is -0.496 e. The van der Waals surface area contributed by atoms with Gasteiger partial charge in [-0.15, -0.1) is 0 Å². The van der Waals surface area contributed by atoms with E-state index in [-0.39, 0.29) is 5.78 Å². The van der Waals surface area contributed by atoms with Crippen molar-refractivity contribution in [3.63, 3.8) is 0 Å². The molecule has 0 amide bonds. The second kappa shape index (κ2) is 4.64. The van der Waals surface area contributed by atoms with Crippen LogP contribution in [0.25, 0.3) is 0 Å². The Morgan fingerprint density at radius 3 is 2.56 bits per heavy atom. The molecule has 0 atom stereocenters. The Balaban J connectivity index is 2.52. The molecule has 0 aliphatic rings. The number of methoxy groups -OCH3 is 1. The van der Waals surface area contributed by atoms with E-state index in [9.17, 15) is 4.79 Å². The van der Waals surface area contributed by atoms with E-state index >= 15 is 0 Å². The third-order valence-electron chi connectivity index (χ3n) is 3.08. The van der Waals surface area contributed by atoms with Crippen LogP contribution in [0.3, 0.4) is 0 Å². The van der Waals surface area contributed by atoms with Gasteiger partial charge in [-0.25, -0.2) is 0 Å². The molecule has 0 bridgehead atoms. The van der Waals surface area contributed by atoms with Gasteiger partial charge in [0.2, 0.25) is 0 Å². The van der Waals surface area contributed by atoms with Crippen LogP contribution in [0.5, 0.6) is 5.75 Å². The Bertz CT molecular complexity index is 600. The summed E-state index contributed by atoms with van der Waals surface area (Å²) < 4.78 is 6.93. The molecule has 0 spiro atoms. The average Bonchev–Trinajstić information content (AvgIpc) is 2.69. The van der Waals surface area contributed by atoms with E-state index in [0.29, 0.717) is 16.9 Å². The van der Waals surface area contributed by atoms with Crippen LogP contribution in [0.2, 0.25) is 0 Å². The molecule has 18 heavy (non-hydrogen) atoms. The molecule has 0 saturated heterocycles. The lowest BCUT2D eigenvalue weighted by Gasteiger charge is -2.08. The Kier molecular flexibility index (Phi) is 3.19. The molecule has 1 heterocycles. The number of aryl methyl sites for hydroxylation is 2. The molecule has 4 nitrogen and oxygen atoms in total. The fourth-order valence-corrected chi connectivity index (χ4v) is 1.87. The Morgan fingerprint density at radius 1 is 1.28 bits per heavy atom. The topological polar surface area (TPSA) is 44.1 Å². The smallest absolute Gasteiger partial charge is 0.200 e. The van der Waals surface area contributed by atoms with Gasteiger partial charge in [-0.2, -0.15) is 5.10 Å². The summed E-state index contributed by atoms with van der Waals surface area (Å²) >= 11 is 0. The summed E-state index contributed by atoms with van der Waals surface area (Å²) in [5.41, 5.74) is 3.07. The summed E-state index contributed by atoms with van der Waals surface area (Å²) in [6.07, 6.45) is 1.60. The van der Waals surface area contributed by atoms with Gasteiger partial charge < -0.3 is 4.74 Å². The fourth-order valence-electron chi connectivity index (χ4n) is 1.87. The van der Waals surface area contributed by atoms with Crippen molar-refractivity contribution in [2.24, 2.45) is 7.05 Å². The summed E-state index contributed by atoms with van der Waals surface area (Å²) in [4.78, 5) is 12.5. The van der Waals surface area contributed by atoms with E-state index in [1.165, 1.54) is 0 Å². The second-order valence-electron chi connectivity index (χ2n) is 4.30.